The van der Waals surface area contributed by atoms with Gasteiger partial charge in [0.25, 0.3) is 0 Å². The maximum absolute atomic E-state index is 12.9. The second kappa shape index (κ2) is 8.81. The first-order chi connectivity index (χ1) is 13.5. The quantitative estimate of drug-likeness (QED) is 0.463. The first-order valence-electron chi connectivity index (χ1n) is 8.83. The lowest BCUT2D eigenvalue weighted by atomic mass is 10.0. The minimum atomic E-state index is -4.51. The van der Waals surface area contributed by atoms with Crippen molar-refractivity contribution in [1.82, 2.24) is 15.6 Å². The number of guanidine groups is 1. The second-order valence-electron chi connectivity index (χ2n) is 6.07. The molecule has 3 rings (SSSR count). The summed E-state index contributed by atoms with van der Waals surface area (Å²) < 4.78 is 49.7. The van der Waals surface area contributed by atoms with E-state index in [-0.39, 0.29) is 19.2 Å². The van der Waals surface area contributed by atoms with Gasteiger partial charge in [-0.05, 0) is 18.2 Å². The normalized spacial score (nSPS) is 16.7. The average molecular weight is 394 g/mol. The number of ether oxygens (including phenoxy) is 2. The summed E-state index contributed by atoms with van der Waals surface area (Å²) in [6, 6.07) is 9.96. The van der Waals surface area contributed by atoms with Gasteiger partial charge in [0.05, 0.1) is 19.2 Å². The molecule has 0 amide bonds. The molecule has 0 bridgehead atoms. The molecule has 0 fully saturated rings. The fraction of sp³-hybridized carbons (Fsp3) is 0.368. The number of nitrogens with zero attached hydrogens (tertiary/aromatic N) is 2. The van der Waals surface area contributed by atoms with Gasteiger partial charge in [0.2, 0.25) is 5.88 Å². The number of hydrogen-bond acceptors (Lipinski definition) is 4. The number of alkyl halides is 3. The zero-order chi connectivity index (χ0) is 20.0. The highest BCUT2D eigenvalue weighted by molar-refractivity contribution is 5.80. The van der Waals surface area contributed by atoms with Crippen LogP contribution in [-0.2, 0) is 6.18 Å². The first kappa shape index (κ1) is 19.8. The summed E-state index contributed by atoms with van der Waals surface area (Å²) in [7, 11) is 1.63. The Bertz CT molecular complexity index is 827. The van der Waals surface area contributed by atoms with E-state index in [1.165, 1.54) is 12.3 Å². The van der Waals surface area contributed by atoms with Crippen molar-refractivity contribution >= 4 is 5.96 Å². The van der Waals surface area contributed by atoms with Crippen molar-refractivity contribution < 1.29 is 22.6 Å². The summed E-state index contributed by atoms with van der Waals surface area (Å²) in [4.78, 5) is 7.83. The van der Waals surface area contributed by atoms with Crippen LogP contribution < -0.4 is 20.1 Å². The third-order valence-corrected chi connectivity index (χ3v) is 4.20. The minimum Gasteiger partial charge on any atom is -0.493 e. The van der Waals surface area contributed by atoms with Crippen LogP contribution in [0.2, 0.25) is 0 Å². The number of aromatic nitrogens is 1. The summed E-state index contributed by atoms with van der Waals surface area (Å²) in [5.74, 6) is 0.931. The number of nitrogens with one attached hydrogen (secondary N) is 2. The highest BCUT2D eigenvalue weighted by Crippen LogP contribution is 2.34. The molecule has 2 aromatic rings. The van der Waals surface area contributed by atoms with Crippen molar-refractivity contribution in [3.05, 3.63) is 53.7 Å². The fourth-order valence-corrected chi connectivity index (χ4v) is 2.89. The van der Waals surface area contributed by atoms with Gasteiger partial charge in [0.1, 0.15) is 17.9 Å². The van der Waals surface area contributed by atoms with Gasteiger partial charge in [-0.15, -0.1) is 0 Å². The predicted octanol–water partition coefficient (Wildman–Crippen LogP) is 3.17. The summed E-state index contributed by atoms with van der Waals surface area (Å²) in [5, 5.41) is 6.34. The number of fused-ring (bicyclic) bond motifs is 1. The number of halogens is 3. The minimum absolute atomic E-state index is 0.00512. The number of para-hydroxylation sites is 1. The molecule has 0 saturated heterocycles. The molecule has 1 aromatic heterocycles. The van der Waals surface area contributed by atoms with Gasteiger partial charge in [-0.25, -0.2) is 4.98 Å². The standard InChI is InChI=1S/C19H21F3N4O2/c1-23-18(26-15-8-11-27-16-7-3-2-5-13(15)16)25-10-12-28-17-14(19(20,21)22)6-4-9-24-17/h2-7,9,15H,8,10-12H2,1H3,(H2,23,25,26). The van der Waals surface area contributed by atoms with Crippen LogP contribution in [0.25, 0.3) is 0 Å². The molecular weight excluding hydrogens is 373 g/mol. The topological polar surface area (TPSA) is 67.8 Å². The molecule has 0 aliphatic carbocycles. The van der Waals surface area contributed by atoms with E-state index >= 15 is 0 Å². The van der Waals surface area contributed by atoms with Gasteiger partial charge in [-0.3, -0.25) is 4.99 Å². The monoisotopic (exact) mass is 394 g/mol. The molecule has 150 valence electrons. The molecule has 6 nitrogen and oxygen atoms in total. The van der Waals surface area contributed by atoms with Gasteiger partial charge >= 0.3 is 6.18 Å². The molecule has 28 heavy (non-hydrogen) atoms. The summed E-state index contributed by atoms with van der Waals surface area (Å²) in [6.07, 6.45) is -2.47. The van der Waals surface area contributed by atoms with Crippen LogP contribution in [0, 0.1) is 0 Å². The SMILES string of the molecule is CN=C(NCCOc1ncccc1C(F)(F)F)NC1CCOc2ccccc21. The van der Waals surface area contributed by atoms with Crippen LogP contribution in [0.3, 0.4) is 0 Å². The zero-order valence-corrected chi connectivity index (χ0v) is 15.3. The van der Waals surface area contributed by atoms with E-state index in [0.717, 1.165) is 23.8 Å². The van der Waals surface area contributed by atoms with Crippen molar-refractivity contribution in [1.29, 1.82) is 0 Å². The Hall–Kier alpha value is -2.97. The number of pyridine rings is 1. The van der Waals surface area contributed by atoms with Crippen LogP contribution in [0.4, 0.5) is 13.2 Å². The zero-order valence-electron chi connectivity index (χ0n) is 15.3. The summed E-state index contributed by atoms with van der Waals surface area (Å²) >= 11 is 0. The van der Waals surface area contributed by atoms with Crippen molar-refractivity contribution in [2.75, 3.05) is 26.8 Å². The molecular formula is C19H21F3N4O2. The Morgan fingerprint density at radius 3 is 2.89 bits per heavy atom. The molecule has 2 N–H and O–H groups in total. The lowest BCUT2D eigenvalue weighted by Gasteiger charge is -2.28. The van der Waals surface area contributed by atoms with Crippen molar-refractivity contribution in [2.24, 2.45) is 4.99 Å². The molecule has 9 heteroatoms. The van der Waals surface area contributed by atoms with Crippen molar-refractivity contribution in [3.63, 3.8) is 0 Å². The first-order valence-corrected chi connectivity index (χ1v) is 8.83. The Morgan fingerprint density at radius 2 is 2.11 bits per heavy atom. The van der Waals surface area contributed by atoms with Crippen LogP contribution >= 0.6 is 0 Å². The summed E-state index contributed by atoms with van der Waals surface area (Å²) in [6.45, 7) is 0.859. The lowest BCUT2D eigenvalue weighted by molar-refractivity contribution is -0.139. The second-order valence-corrected chi connectivity index (χ2v) is 6.07. The molecule has 1 aliphatic heterocycles. The highest BCUT2D eigenvalue weighted by atomic mass is 19.4. The number of aliphatic imine (C=N–C) groups is 1. The third-order valence-electron chi connectivity index (χ3n) is 4.20. The van der Waals surface area contributed by atoms with Crippen LogP contribution in [0.1, 0.15) is 23.6 Å². The Kier molecular flexibility index (Phi) is 6.23. The van der Waals surface area contributed by atoms with E-state index in [0.29, 0.717) is 12.6 Å². The van der Waals surface area contributed by atoms with Crippen LogP contribution in [0.5, 0.6) is 11.6 Å². The van der Waals surface area contributed by atoms with E-state index in [1.54, 1.807) is 7.05 Å². The maximum atomic E-state index is 12.9. The third kappa shape index (κ3) is 4.85. The number of benzene rings is 1. The van der Waals surface area contributed by atoms with Crippen molar-refractivity contribution in [3.8, 4) is 11.6 Å². The maximum Gasteiger partial charge on any atom is 0.421 e. The van der Waals surface area contributed by atoms with E-state index in [9.17, 15) is 13.2 Å². The largest absolute Gasteiger partial charge is 0.493 e. The average Bonchev–Trinajstić information content (AvgIpc) is 2.70. The summed E-state index contributed by atoms with van der Waals surface area (Å²) in [5.41, 5.74) is 0.146. The Labute approximate surface area is 160 Å². The predicted molar refractivity (Wildman–Crippen MR) is 98.5 cm³/mol. The van der Waals surface area contributed by atoms with Crippen LogP contribution in [0.15, 0.2) is 47.6 Å². The number of hydrogen-bond donors (Lipinski definition) is 2. The fourth-order valence-electron chi connectivity index (χ4n) is 2.89. The Balaban J connectivity index is 1.53. The smallest absolute Gasteiger partial charge is 0.421 e. The lowest BCUT2D eigenvalue weighted by Crippen LogP contribution is -2.42. The van der Waals surface area contributed by atoms with E-state index in [4.69, 9.17) is 9.47 Å². The number of rotatable bonds is 5. The van der Waals surface area contributed by atoms with Gasteiger partial charge in [0.15, 0.2) is 5.96 Å². The molecule has 1 unspecified atom stereocenters. The molecule has 1 aliphatic rings. The van der Waals surface area contributed by atoms with E-state index in [2.05, 4.69) is 20.6 Å². The van der Waals surface area contributed by atoms with Gasteiger partial charge in [-0.1, -0.05) is 18.2 Å². The highest BCUT2D eigenvalue weighted by Gasteiger charge is 2.35. The molecule has 1 aromatic carbocycles. The Morgan fingerprint density at radius 1 is 1.29 bits per heavy atom. The molecule has 0 saturated carbocycles. The van der Waals surface area contributed by atoms with Gasteiger partial charge in [-0.2, -0.15) is 13.2 Å². The molecule has 0 radical (unpaired) electrons. The molecule has 2 heterocycles. The van der Waals surface area contributed by atoms with E-state index < -0.39 is 17.6 Å². The van der Waals surface area contributed by atoms with Gasteiger partial charge in [0, 0.05) is 25.2 Å². The molecule has 0 spiro atoms. The van der Waals surface area contributed by atoms with E-state index in [1.807, 2.05) is 24.3 Å². The van der Waals surface area contributed by atoms with Gasteiger partial charge < -0.3 is 20.1 Å². The van der Waals surface area contributed by atoms with Crippen molar-refractivity contribution in [2.45, 2.75) is 18.6 Å². The van der Waals surface area contributed by atoms with Crippen LogP contribution in [-0.4, -0.2) is 37.7 Å². The molecule has 1 atom stereocenters.